The molecule has 35 heavy (non-hydrogen) atoms. The number of aromatic nitrogens is 2. The van der Waals surface area contributed by atoms with Crippen LogP contribution in [-0.2, 0) is 15.8 Å². The van der Waals surface area contributed by atoms with E-state index in [1.165, 1.54) is 12.1 Å². The lowest BCUT2D eigenvalue weighted by atomic mass is 9.97. The molecule has 0 spiro atoms. The Morgan fingerprint density at radius 1 is 0.829 bits per heavy atom. The summed E-state index contributed by atoms with van der Waals surface area (Å²) in [5.74, 6) is -0.892. The van der Waals surface area contributed by atoms with Crippen LogP contribution in [0.25, 0.3) is 34.0 Å². The Kier molecular flexibility index (Phi) is 6.63. The number of alkyl halides is 3. The molecule has 0 bridgehead atoms. The van der Waals surface area contributed by atoms with Crippen molar-refractivity contribution in [1.29, 1.82) is 0 Å². The summed E-state index contributed by atoms with van der Waals surface area (Å²) in [6.45, 7) is 0. The lowest BCUT2D eigenvalue weighted by Crippen LogP contribution is -2.17. The number of carbonyl (C=O) groups excluding carboxylic acids is 2. The zero-order valence-electron chi connectivity index (χ0n) is 18.2. The van der Waals surface area contributed by atoms with Crippen molar-refractivity contribution in [3.05, 3.63) is 78.4 Å². The molecule has 0 saturated heterocycles. The second kappa shape index (κ2) is 9.80. The number of primary amides is 1. The van der Waals surface area contributed by atoms with Crippen LogP contribution in [0.5, 0.6) is 0 Å². The minimum Gasteiger partial charge on any atom is -0.416 e. The number of hydrogen-bond donors (Lipinski definition) is 2. The van der Waals surface area contributed by atoms with E-state index in [0.717, 1.165) is 6.07 Å². The van der Waals surface area contributed by atoms with Gasteiger partial charge in [-0.25, -0.2) is 0 Å². The average molecular weight is 480 g/mol. The maximum Gasteiger partial charge on any atom is 0.417 e. The van der Waals surface area contributed by atoms with Gasteiger partial charge < -0.3 is 15.5 Å². The monoisotopic (exact) mass is 480 g/mol. The summed E-state index contributed by atoms with van der Waals surface area (Å²) in [7, 11) is 0. The number of nitrogens with two attached hydrogens (primary N) is 1. The third-order valence-corrected chi connectivity index (χ3v) is 5.10. The van der Waals surface area contributed by atoms with E-state index in [0.29, 0.717) is 16.8 Å². The highest BCUT2D eigenvalue weighted by Crippen LogP contribution is 2.39. The molecule has 0 unspecified atom stereocenters. The van der Waals surface area contributed by atoms with Gasteiger partial charge in [-0.3, -0.25) is 9.59 Å². The summed E-state index contributed by atoms with van der Waals surface area (Å²) in [6.07, 6.45) is -4.67. The SMILES string of the molecule is NC(=O)CCC(=O)Nc1ccc(-c2nnc(-c3ccc(-c4ccccc4)c(C(F)(F)F)c3)o2)cc1. The minimum absolute atomic E-state index is 0.0346. The number of nitrogens with zero attached hydrogens (tertiary/aromatic N) is 2. The van der Waals surface area contributed by atoms with E-state index in [-0.39, 0.29) is 41.7 Å². The predicted molar refractivity (Wildman–Crippen MR) is 123 cm³/mol. The molecule has 2 amide bonds. The van der Waals surface area contributed by atoms with Crippen LogP contribution < -0.4 is 11.1 Å². The highest BCUT2D eigenvalue weighted by atomic mass is 19.4. The number of benzene rings is 3. The molecule has 0 radical (unpaired) electrons. The standard InChI is InChI=1S/C25H19F3N4O3/c26-25(27,28)20-14-17(8-11-19(20)15-4-2-1-3-5-15)24-32-31-23(35-24)16-6-9-18(10-7-16)30-22(34)13-12-21(29)33/h1-11,14H,12-13H2,(H2,29,33)(H,30,34). The summed E-state index contributed by atoms with van der Waals surface area (Å²) in [4.78, 5) is 22.6. The van der Waals surface area contributed by atoms with E-state index in [9.17, 15) is 22.8 Å². The zero-order valence-corrected chi connectivity index (χ0v) is 18.2. The fourth-order valence-corrected chi connectivity index (χ4v) is 3.39. The van der Waals surface area contributed by atoms with Crippen LogP contribution in [-0.4, -0.2) is 22.0 Å². The normalized spacial score (nSPS) is 11.3. The van der Waals surface area contributed by atoms with Crippen molar-refractivity contribution in [2.45, 2.75) is 19.0 Å². The van der Waals surface area contributed by atoms with Gasteiger partial charge in [0.25, 0.3) is 0 Å². The van der Waals surface area contributed by atoms with Crippen LogP contribution >= 0.6 is 0 Å². The largest absolute Gasteiger partial charge is 0.417 e. The number of amides is 2. The van der Waals surface area contributed by atoms with Gasteiger partial charge in [0.05, 0.1) is 5.56 Å². The van der Waals surface area contributed by atoms with Gasteiger partial charge in [0, 0.05) is 29.7 Å². The van der Waals surface area contributed by atoms with Crippen molar-refractivity contribution in [1.82, 2.24) is 10.2 Å². The van der Waals surface area contributed by atoms with E-state index >= 15 is 0 Å². The molecule has 0 aliphatic rings. The molecule has 3 N–H and O–H groups in total. The van der Waals surface area contributed by atoms with Crippen LogP contribution in [0.1, 0.15) is 18.4 Å². The van der Waals surface area contributed by atoms with E-state index < -0.39 is 17.6 Å². The Hall–Kier alpha value is -4.47. The van der Waals surface area contributed by atoms with Gasteiger partial charge in [-0.2, -0.15) is 13.2 Å². The van der Waals surface area contributed by atoms with E-state index in [2.05, 4.69) is 15.5 Å². The number of rotatable bonds is 7. The van der Waals surface area contributed by atoms with Crippen LogP contribution in [0.15, 0.2) is 77.2 Å². The molecule has 4 rings (SSSR count). The molecule has 0 aliphatic heterocycles. The minimum atomic E-state index is -4.58. The van der Waals surface area contributed by atoms with Crippen molar-refractivity contribution >= 4 is 17.5 Å². The Balaban J connectivity index is 1.55. The molecule has 0 atom stereocenters. The van der Waals surface area contributed by atoms with Crippen LogP contribution in [0.3, 0.4) is 0 Å². The number of anilines is 1. The topological polar surface area (TPSA) is 111 Å². The molecule has 0 aliphatic carbocycles. The van der Waals surface area contributed by atoms with Gasteiger partial charge >= 0.3 is 6.18 Å². The van der Waals surface area contributed by atoms with Crippen LogP contribution in [0.4, 0.5) is 18.9 Å². The number of halogens is 3. The summed E-state index contributed by atoms with van der Waals surface area (Å²) < 4.78 is 47.0. The van der Waals surface area contributed by atoms with E-state index in [4.69, 9.17) is 10.2 Å². The maximum atomic E-state index is 13.8. The summed E-state index contributed by atoms with van der Waals surface area (Å²) in [5, 5.41) is 10.5. The van der Waals surface area contributed by atoms with Crippen molar-refractivity contribution in [2.24, 2.45) is 5.73 Å². The molecule has 7 nitrogen and oxygen atoms in total. The molecule has 3 aromatic carbocycles. The molecule has 0 saturated carbocycles. The smallest absolute Gasteiger partial charge is 0.416 e. The van der Waals surface area contributed by atoms with Crippen molar-refractivity contribution in [3.63, 3.8) is 0 Å². The highest BCUT2D eigenvalue weighted by Gasteiger charge is 2.34. The fourth-order valence-electron chi connectivity index (χ4n) is 3.39. The summed E-state index contributed by atoms with van der Waals surface area (Å²) in [6, 6.07) is 18.6. The second-order valence-electron chi connectivity index (χ2n) is 7.63. The van der Waals surface area contributed by atoms with E-state index in [1.807, 2.05) is 0 Å². The second-order valence-corrected chi connectivity index (χ2v) is 7.63. The fraction of sp³-hybridized carbons (Fsp3) is 0.120. The molecule has 1 heterocycles. The summed E-state index contributed by atoms with van der Waals surface area (Å²) in [5.41, 5.74) is 5.84. The number of hydrogen-bond acceptors (Lipinski definition) is 5. The van der Waals surface area contributed by atoms with Gasteiger partial charge in [-0.05, 0) is 47.5 Å². The molecule has 0 fully saturated rings. The third kappa shape index (κ3) is 5.72. The Bertz CT molecular complexity index is 1350. The van der Waals surface area contributed by atoms with Gasteiger partial charge in [0.15, 0.2) is 0 Å². The highest BCUT2D eigenvalue weighted by molar-refractivity contribution is 5.93. The number of carbonyl (C=O) groups is 2. The van der Waals surface area contributed by atoms with Crippen molar-refractivity contribution in [3.8, 4) is 34.0 Å². The Morgan fingerprint density at radius 2 is 1.46 bits per heavy atom. The zero-order chi connectivity index (χ0) is 25.0. The first-order valence-corrected chi connectivity index (χ1v) is 10.5. The maximum absolute atomic E-state index is 13.8. The lowest BCUT2D eigenvalue weighted by molar-refractivity contribution is -0.137. The first kappa shape index (κ1) is 23.7. The first-order chi connectivity index (χ1) is 16.7. The Morgan fingerprint density at radius 3 is 2.09 bits per heavy atom. The lowest BCUT2D eigenvalue weighted by Gasteiger charge is -2.14. The van der Waals surface area contributed by atoms with Gasteiger partial charge in [0.2, 0.25) is 23.6 Å². The summed E-state index contributed by atoms with van der Waals surface area (Å²) >= 11 is 0. The molecule has 10 heteroatoms. The molecular formula is C25H19F3N4O3. The van der Waals surface area contributed by atoms with Gasteiger partial charge in [-0.1, -0.05) is 36.4 Å². The molecule has 4 aromatic rings. The average Bonchev–Trinajstić information content (AvgIpc) is 3.33. The van der Waals surface area contributed by atoms with Crippen LogP contribution in [0, 0.1) is 0 Å². The van der Waals surface area contributed by atoms with Crippen molar-refractivity contribution < 1.29 is 27.2 Å². The third-order valence-electron chi connectivity index (χ3n) is 5.10. The first-order valence-electron chi connectivity index (χ1n) is 10.5. The predicted octanol–water partition coefficient (Wildman–Crippen LogP) is 5.29. The Labute approximate surface area is 197 Å². The molecular weight excluding hydrogens is 461 g/mol. The van der Waals surface area contributed by atoms with Gasteiger partial charge in [0.1, 0.15) is 0 Å². The van der Waals surface area contributed by atoms with E-state index in [1.54, 1.807) is 54.6 Å². The quantitative estimate of drug-likeness (QED) is 0.373. The van der Waals surface area contributed by atoms with Crippen molar-refractivity contribution in [2.75, 3.05) is 5.32 Å². The molecule has 1 aromatic heterocycles. The molecule has 178 valence electrons. The van der Waals surface area contributed by atoms with Gasteiger partial charge in [-0.15, -0.1) is 10.2 Å². The van der Waals surface area contributed by atoms with Crippen LogP contribution in [0.2, 0.25) is 0 Å². The number of nitrogens with one attached hydrogen (secondary N) is 1.